The van der Waals surface area contributed by atoms with Crippen LogP contribution < -0.4 is 10.1 Å². The van der Waals surface area contributed by atoms with Crippen molar-refractivity contribution in [2.75, 3.05) is 7.11 Å². The minimum atomic E-state index is -0.349. The van der Waals surface area contributed by atoms with Crippen molar-refractivity contribution in [3.05, 3.63) is 72.6 Å². The van der Waals surface area contributed by atoms with Crippen LogP contribution in [0, 0.1) is 0 Å². The number of nitrogens with one attached hydrogen (secondary N) is 1. The molecule has 1 aliphatic rings. The zero-order valence-electron chi connectivity index (χ0n) is 15.0. The summed E-state index contributed by atoms with van der Waals surface area (Å²) >= 11 is 1.46. The molecule has 1 unspecified atom stereocenters. The molecule has 138 valence electrons. The first-order chi connectivity index (χ1) is 13.2. The Bertz CT molecular complexity index is 922. The summed E-state index contributed by atoms with van der Waals surface area (Å²) in [5, 5.41) is 3.54. The lowest BCUT2D eigenvalue weighted by Crippen LogP contribution is -2.29. The Morgan fingerprint density at radius 2 is 2.04 bits per heavy atom. The first kappa shape index (κ1) is 17.7. The van der Waals surface area contributed by atoms with Crippen LogP contribution in [-0.4, -0.2) is 28.6 Å². The molecule has 1 amide bonds. The summed E-state index contributed by atoms with van der Waals surface area (Å²) in [6, 6.07) is 18.0. The van der Waals surface area contributed by atoms with E-state index in [0.29, 0.717) is 6.04 Å². The molecule has 0 aliphatic heterocycles. The fourth-order valence-corrected chi connectivity index (χ4v) is 3.93. The van der Waals surface area contributed by atoms with Gasteiger partial charge in [-0.15, -0.1) is 0 Å². The van der Waals surface area contributed by atoms with Gasteiger partial charge in [0.15, 0.2) is 5.16 Å². The third kappa shape index (κ3) is 4.17. The average Bonchev–Trinajstić information content (AvgIpc) is 3.40. The van der Waals surface area contributed by atoms with E-state index in [-0.39, 0.29) is 11.2 Å². The van der Waals surface area contributed by atoms with Crippen molar-refractivity contribution in [1.82, 2.24) is 14.9 Å². The van der Waals surface area contributed by atoms with Gasteiger partial charge in [-0.05, 0) is 30.5 Å². The van der Waals surface area contributed by atoms with Crippen molar-refractivity contribution in [1.29, 1.82) is 0 Å². The van der Waals surface area contributed by atoms with E-state index in [1.165, 1.54) is 11.8 Å². The first-order valence-electron chi connectivity index (χ1n) is 8.94. The van der Waals surface area contributed by atoms with Gasteiger partial charge in [0.25, 0.3) is 0 Å². The number of imidazole rings is 1. The molecule has 0 saturated heterocycles. The van der Waals surface area contributed by atoms with E-state index in [1.807, 2.05) is 65.4 Å². The maximum absolute atomic E-state index is 12.9. The van der Waals surface area contributed by atoms with Crippen LogP contribution in [0.15, 0.2) is 72.1 Å². The molecule has 0 radical (unpaired) electrons. The molecule has 3 aromatic rings. The number of carbonyl (C=O) groups excluding carboxylic acids is 1. The van der Waals surface area contributed by atoms with Crippen molar-refractivity contribution < 1.29 is 9.53 Å². The summed E-state index contributed by atoms with van der Waals surface area (Å²) in [4.78, 5) is 17.4. The molecule has 4 rings (SSSR count). The highest BCUT2D eigenvalue weighted by Gasteiger charge is 2.30. The van der Waals surface area contributed by atoms with E-state index in [9.17, 15) is 4.79 Å². The van der Waals surface area contributed by atoms with E-state index in [4.69, 9.17) is 4.74 Å². The molecular weight excluding hydrogens is 358 g/mol. The summed E-state index contributed by atoms with van der Waals surface area (Å²) < 4.78 is 7.31. The van der Waals surface area contributed by atoms with Gasteiger partial charge in [-0.3, -0.25) is 9.36 Å². The number of hydrogen-bond donors (Lipinski definition) is 1. The molecular formula is C21H21N3O2S. The van der Waals surface area contributed by atoms with Crippen LogP contribution in [0.3, 0.4) is 0 Å². The van der Waals surface area contributed by atoms with E-state index in [2.05, 4.69) is 10.3 Å². The van der Waals surface area contributed by atoms with Crippen LogP contribution in [0.2, 0.25) is 0 Å². The number of carbonyl (C=O) groups is 1. The van der Waals surface area contributed by atoms with Gasteiger partial charge in [0.05, 0.1) is 12.8 Å². The number of benzene rings is 2. The number of amides is 1. The first-order valence-corrected chi connectivity index (χ1v) is 9.82. The molecule has 1 aliphatic carbocycles. The standard InChI is InChI=1S/C21H21N3O2S/c1-26-18-9-5-8-17(14-18)24-13-12-22-21(24)27-19(15-6-3-2-4-7-15)20(25)23-16-10-11-16/h2-9,12-14,16,19H,10-11H2,1H3,(H,23,25). The fraction of sp³-hybridized carbons (Fsp3) is 0.238. The monoisotopic (exact) mass is 379 g/mol. The number of rotatable bonds is 7. The summed E-state index contributed by atoms with van der Waals surface area (Å²) in [7, 11) is 1.65. The maximum atomic E-state index is 12.9. The lowest BCUT2D eigenvalue weighted by atomic mass is 10.1. The van der Waals surface area contributed by atoms with Gasteiger partial charge in [0.1, 0.15) is 11.0 Å². The Kier molecular flexibility index (Phi) is 5.16. The predicted molar refractivity (Wildman–Crippen MR) is 106 cm³/mol. The molecule has 0 bridgehead atoms. The summed E-state index contributed by atoms with van der Waals surface area (Å²) in [6.45, 7) is 0. The molecule has 5 nitrogen and oxygen atoms in total. The van der Waals surface area contributed by atoms with Gasteiger partial charge in [-0.1, -0.05) is 48.2 Å². The Hall–Kier alpha value is -2.73. The minimum Gasteiger partial charge on any atom is -0.497 e. The van der Waals surface area contributed by atoms with Gasteiger partial charge in [-0.2, -0.15) is 0 Å². The Morgan fingerprint density at radius 1 is 1.22 bits per heavy atom. The molecule has 1 saturated carbocycles. The molecule has 6 heteroatoms. The molecule has 0 spiro atoms. The predicted octanol–water partition coefficient (Wildman–Crippen LogP) is 3.99. The van der Waals surface area contributed by atoms with Crippen molar-refractivity contribution in [3.8, 4) is 11.4 Å². The highest BCUT2D eigenvalue weighted by molar-refractivity contribution is 8.00. The Balaban J connectivity index is 1.63. The number of hydrogen-bond acceptors (Lipinski definition) is 4. The Labute approximate surface area is 162 Å². The maximum Gasteiger partial charge on any atom is 0.238 e. The molecule has 1 heterocycles. The molecule has 1 atom stereocenters. The fourth-order valence-electron chi connectivity index (χ4n) is 2.84. The van der Waals surface area contributed by atoms with Crippen molar-refractivity contribution >= 4 is 17.7 Å². The van der Waals surface area contributed by atoms with Crippen LogP contribution >= 0.6 is 11.8 Å². The second-order valence-electron chi connectivity index (χ2n) is 6.47. The van der Waals surface area contributed by atoms with Gasteiger partial charge in [-0.25, -0.2) is 4.98 Å². The molecule has 27 heavy (non-hydrogen) atoms. The van der Waals surface area contributed by atoms with E-state index < -0.39 is 0 Å². The van der Waals surface area contributed by atoms with Crippen LogP contribution in [0.25, 0.3) is 5.69 Å². The Morgan fingerprint density at radius 3 is 2.78 bits per heavy atom. The molecule has 1 aromatic heterocycles. The second-order valence-corrected chi connectivity index (χ2v) is 7.54. The van der Waals surface area contributed by atoms with Crippen LogP contribution in [0.4, 0.5) is 0 Å². The number of aromatic nitrogens is 2. The largest absolute Gasteiger partial charge is 0.497 e. The van der Waals surface area contributed by atoms with Crippen LogP contribution in [0.1, 0.15) is 23.7 Å². The van der Waals surface area contributed by atoms with Gasteiger partial charge < -0.3 is 10.1 Å². The summed E-state index contributed by atoms with van der Waals surface area (Å²) in [5.74, 6) is 0.817. The van der Waals surface area contributed by atoms with Crippen molar-refractivity contribution in [3.63, 3.8) is 0 Å². The third-order valence-corrected chi connectivity index (χ3v) is 5.66. The van der Waals surface area contributed by atoms with Gasteiger partial charge in [0.2, 0.25) is 5.91 Å². The normalized spacial score (nSPS) is 14.6. The third-order valence-electron chi connectivity index (χ3n) is 4.43. The average molecular weight is 379 g/mol. The molecule has 1 fully saturated rings. The second kappa shape index (κ2) is 7.88. The van der Waals surface area contributed by atoms with Crippen LogP contribution in [0.5, 0.6) is 5.75 Å². The highest BCUT2D eigenvalue weighted by atomic mass is 32.2. The van der Waals surface area contributed by atoms with Crippen molar-refractivity contribution in [2.24, 2.45) is 0 Å². The number of ether oxygens (including phenoxy) is 1. The topological polar surface area (TPSA) is 56.2 Å². The zero-order chi connectivity index (χ0) is 18.6. The molecule has 2 aromatic carbocycles. The van der Waals surface area contributed by atoms with E-state index in [1.54, 1.807) is 13.3 Å². The SMILES string of the molecule is COc1cccc(-n2ccnc2SC(C(=O)NC2CC2)c2ccccc2)c1. The number of thioether (sulfide) groups is 1. The summed E-state index contributed by atoms with van der Waals surface area (Å²) in [5.41, 5.74) is 1.92. The lowest BCUT2D eigenvalue weighted by molar-refractivity contribution is -0.120. The lowest BCUT2D eigenvalue weighted by Gasteiger charge is -2.17. The van der Waals surface area contributed by atoms with E-state index >= 15 is 0 Å². The molecule has 1 N–H and O–H groups in total. The number of methoxy groups -OCH3 is 1. The van der Waals surface area contributed by atoms with Crippen LogP contribution in [-0.2, 0) is 4.79 Å². The summed E-state index contributed by atoms with van der Waals surface area (Å²) in [6.07, 6.45) is 5.79. The van der Waals surface area contributed by atoms with Gasteiger partial charge >= 0.3 is 0 Å². The quantitative estimate of drug-likeness (QED) is 0.631. The minimum absolute atomic E-state index is 0.0360. The highest BCUT2D eigenvalue weighted by Crippen LogP contribution is 2.36. The number of nitrogens with zero attached hydrogens (tertiary/aromatic N) is 2. The van der Waals surface area contributed by atoms with Gasteiger partial charge in [0, 0.05) is 24.5 Å². The zero-order valence-corrected chi connectivity index (χ0v) is 15.9. The smallest absolute Gasteiger partial charge is 0.238 e. The van der Waals surface area contributed by atoms with E-state index in [0.717, 1.165) is 35.0 Å². The van der Waals surface area contributed by atoms with Crippen molar-refractivity contribution in [2.45, 2.75) is 29.3 Å².